The second-order valence-electron chi connectivity index (χ2n) is 4.68. The summed E-state index contributed by atoms with van der Waals surface area (Å²) in [5.74, 6) is -0.184. The number of carbonyl (C=O) groups excluding carboxylic acids is 1. The van der Waals surface area contributed by atoms with Crippen LogP contribution < -0.4 is 9.64 Å². The lowest BCUT2D eigenvalue weighted by Crippen LogP contribution is -2.27. The Morgan fingerprint density at radius 3 is 2.62 bits per heavy atom. The molecule has 1 aliphatic rings. The highest BCUT2D eigenvalue weighted by molar-refractivity contribution is 8.27. The van der Waals surface area contributed by atoms with Gasteiger partial charge in [0.1, 0.15) is 5.75 Å². The van der Waals surface area contributed by atoms with Crippen LogP contribution in [0.4, 0.5) is 14.5 Å². The third kappa shape index (κ3) is 3.60. The summed E-state index contributed by atoms with van der Waals surface area (Å²) in [6.07, 6.45) is 4.83. The van der Waals surface area contributed by atoms with Gasteiger partial charge in [-0.3, -0.25) is 14.7 Å². The summed E-state index contributed by atoms with van der Waals surface area (Å²) in [5.41, 5.74) is 1.28. The molecule has 1 aliphatic heterocycles. The van der Waals surface area contributed by atoms with Crippen molar-refractivity contribution in [2.24, 2.45) is 0 Å². The number of thioether (sulfide) groups is 1. The van der Waals surface area contributed by atoms with E-state index < -0.39 is 6.61 Å². The minimum absolute atomic E-state index is 0.0602. The molecule has 1 fully saturated rings. The number of aromatic nitrogens is 1. The number of anilines is 1. The van der Waals surface area contributed by atoms with Gasteiger partial charge >= 0.3 is 6.61 Å². The number of hydrogen-bond acceptors (Lipinski definition) is 5. The molecule has 3 rings (SSSR count). The number of nitrogens with zero attached hydrogens (tertiary/aromatic N) is 2. The first kappa shape index (κ1) is 16.5. The summed E-state index contributed by atoms with van der Waals surface area (Å²) in [4.78, 5) is 18.4. The van der Waals surface area contributed by atoms with Gasteiger partial charge in [-0.1, -0.05) is 36.1 Å². The second kappa shape index (κ2) is 7.06. The van der Waals surface area contributed by atoms with Gasteiger partial charge in [-0.25, -0.2) is 0 Å². The Balaban J connectivity index is 1.81. The fraction of sp³-hybridized carbons (Fsp3) is 0.0625. The van der Waals surface area contributed by atoms with Crippen LogP contribution >= 0.6 is 24.0 Å². The smallest absolute Gasteiger partial charge is 0.387 e. The van der Waals surface area contributed by atoms with Crippen LogP contribution in [0.25, 0.3) is 6.08 Å². The van der Waals surface area contributed by atoms with Crippen LogP contribution in [0, 0.1) is 0 Å². The Bertz CT molecular complexity index is 795. The predicted molar refractivity (Wildman–Crippen MR) is 93.0 cm³/mol. The van der Waals surface area contributed by atoms with Crippen molar-refractivity contribution in [3.63, 3.8) is 0 Å². The van der Waals surface area contributed by atoms with Crippen LogP contribution in [0.2, 0.25) is 0 Å². The van der Waals surface area contributed by atoms with Crippen molar-refractivity contribution < 1.29 is 18.3 Å². The molecule has 122 valence electrons. The van der Waals surface area contributed by atoms with Crippen LogP contribution in [0.5, 0.6) is 5.75 Å². The highest BCUT2D eigenvalue weighted by atomic mass is 32.2. The molecule has 0 spiro atoms. The van der Waals surface area contributed by atoms with Crippen LogP contribution in [-0.2, 0) is 4.79 Å². The zero-order valence-corrected chi connectivity index (χ0v) is 13.7. The van der Waals surface area contributed by atoms with Crippen molar-refractivity contribution >= 4 is 46.0 Å². The van der Waals surface area contributed by atoms with Gasteiger partial charge in [0.15, 0.2) is 4.32 Å². The molecule has 4 nitrogen and oxygen atoms in total. The summed E-state index contributed by atoms with van der Waals surface area (Å²) >= 11 is 6.43. The highest BCUT2D eigenvalue weighted by Crippen LogP contribution is 2.35. The molecule has 8 heteroatoms. The molecule has 1 aromatic heterocycles. The van der Waals surface area contributed by atoms with E-state index in [4.69, 9.17) is 12.2 Å². The van der Waals surface area contributed by atoms with Gasteiger partial charge in [-0.05, 0) is 35.9 Å². The summed E-state index contributed by atoms with van der Waals surface area (Å²) in [7, 11) is 0. The van der Waals surface area contributed by atoms with Crippen LogP contribution in [0.1, 0.15) is 5.56 Å². The van der Waals surface area contributed by atoms with Crippen molar-refractivity contribution in [3.8, 4) is 5.75 Å². The maximum absolute atomic E-state index is 12.5. The zero-order valence-electron chi connectivity index (χ0n) is 12.1. The van der Waals surface area contributed by atoms with E-state index in [9.17, 15) is 13.6 Å². The van der Waals surface area contributed by atoms with Crippen molar-refractivity contribution in [2.75, 3.05) is 4.90 Å². The molecule has 1 amide bonds. The summed E-state index contributed by atoms with van der Waals surface area (Å²) < 4.78 is 29.0. The molecule has 0 atom stereocenters. The summed E-state index contributed by atoms with van der Waals surface area (Å²) in [6, 6.07) is 9.49. The molecule has 0 N–H and O–H groups in total. The molecule has 0 radical (unpaired) electrons. The zero-order chi connectivity index (χ0) is 17.1. The average molecular weight is 364 g/mol. The molecule has 1 saturated heterocycles. The van der Waals surface area contributed by atoms with Gasteiger partial charge < -0.3 is 4.74 Å². The van der Waals surface area contributed by atoms with E-state index in [0.29, 0.717) is 20.5 Å². The Morgan fingerprint density at radius 1 is 1.25 bits per heavy atom. The third-order valence-electron chi connectivity index (χ3n) is 3.10. The van der Waals surface area contributed by atoms with E-state index in [1.54, 1.807) is 42.7 Å². The molecule has 0 aliphatic carbocycles. The topological polar surface area (TPSA) is 42.4 Å². The first-order valence-corrected chi connectivity index (χ1v) is 8.00. The van der Waals surface area contributed by atoms with Gasteiger partial charge in [0.2, 0.25) is 0 Å². The largest absolute Gasteiger partial charge is 0.435 e. The van der Waals surface area contributed by atoms with Crippen molar-refractivity contribution in [1.82, 2.24) is 4.98 Å². The van der Waals surface area contributed by atoms with E-state index >= 15 is 0 Å². The first-order chi connectivity index (χ1) is 11.5. The van der Waals surface area contributed by atoms with E-state index in [0.717, 1.165) is 0 Å². The number of halogens is 2. The molecular formula is C16H10F2N2O2S2. The fourth-order valence-electron chi connectivity index (χ4n) is 2.07. The highest BCUT2D eigenvalue weighted by Gasteiger charge is 2.33. The number of carbonyl (C=O) groups is 1. The molecule has 1 aromatic carbocycles. The van der Waals surface area contributed by atoms with Crippen molar-refractivity contribution in [1.29, 1.82) is 0 Å². The molecule has 0 unspecified atom stereocenters. The summed E-state index contributed by atoms with van der Waals surface area (Å²) in [5, 5.41) is 0. The number of hydrogen-bond donors (Lipinski definition) is 0. The number of rotatable bonds is 4. The lowest BCUT2D eigenvalue weighted by atomic mass is 10.2. The number of amides is 1. The van der Waals surface area contributed by atoms with E-state index in [2.05, 4.69) is 9.72 Å². The Morgan fingerprint density at radius 2 is 2.00 bits per heavy atom. The van der Waals surface area contributed by atoms with Gasteiger partial charge in [-0.2, -0.15) is 8.78 Å². The monoisotopic (exact) mass is 364 g/mol. The lowest BCUT2D eigenvalue weighted by molar-refractivity contribution is -0.113. The number of ether oxygens (including phenoxy) is 1. The van der Waals surface area contributed by atoms with Gasteiger partial charge in [0.05, 0.1) is 16.8 Å². The van der Waals surface area contributed by atoms with Crippen LogP contribution in [-0.4, -0.2) is 21.8 Å². The fourth-order valence-corrected chi connectivity index (χ4v) is 3.37. The maximum atomic E-state index is 12.5. The Hall–Kier alpha value is -2.32. The minimum atomic E-state index is -2.87. The van der Waals surface area contributed by atoms with Crippen LogP contribution in [0.3, 0.4) is 0 Å². The van der Waals surface area contributed by atoms with E-state index in [1.807, 2.05) is 0 Å². The second-order valence-corrected chi connectivity index (χ2v) is 6.35. The first-order valence-electron chi connectivity index (χ1n) is 6.77. The van der Waals surface area contributed by atoms with E-state index in [-0.39, 0.29) is 11.7 Å². The number of pyridine rings is 1. The number of thiocarbonyl (C=S) groups is 1. The van der Waals surface area contributed by atoms with Gasteiger partial charge in [0.25, 0.3) is 5.91 Å². The Kier molecular flexibility index (Phi) is 4.86. The third-order valence-corrected chi connectivity index (χ3v) is 4.40. The number of alkyl halides is 2. The Labute approximate surface area is 146 Å². The molecule has 24 heavy (non-hydrogen) atoms. The SMILES string of the molecule is O=C1C(=Cc2ccc(OC(F)F)cc2)SC(=S)N1c1cccnc1. The minimum Gasteiger partial charge on any atom is -0.435 e. The predicted octanol–water partition coefficient (Wildman–Crippen LogP) is 4.09. The average Bonchev–Trinajstić information content (AvgIpc) is 2.83. The molecular weight excluding hydrogens is 354 g/mol. The van der Waals surface area contributed by atoms with Crippen molar-refractivity contribution in [2.45, 2.75) is 6.61 Å². The molecule has 0 bridgehead atoms. The summed E-state index contributed by atoms with van der Waals surface area (Å²) in [6.45, 7) is -2.87. The normalized spacial score (nSPS) is 16.3. The number of benzene rings is 1. The molecule has 2 heterocycles. The van der Waals surface area contributed by atoms with E-state index in [1.165, 1.54) is 28.8 Å². The maximum Gasteiger partial charge on any atom is 0.387 e. The van der Waals surface area contributed by atoms with Crippen LogP contribution in [0.15, 0.2) is 53.7 Å². The quantitative estimate of drug-likeness (QED) is 0.604. The van der Waals surface area contributed by atoms with Gasteiger partial charge in [-0.15, -0.1) is 0 Å². The molecule has 2 aromatic rings. The standard InChI is InChI=1S/C16H10F2N2O2S2/c17-15(18)22-12-5-3-10(4-6-12)8-13-14(21)20(16(23)24-13)11-2-1-7-19-9-11/h1-9,15H. The van der Waals surface area contributed by atoms with Crippen molar-refractivity contribution in [3.05, 3.63) is 59.3 Å². The lowest BCUT2D eigenvalue weighted by Gasteiger charge is -2.13. The molecule has 0 saturated carbocycles. The van der Waals surface area contributed by atoms with Gasteiger partial charge in [0, 0.05) is 6.20 Å².